The standard InChI is InChI=1S/C11H13F3N2.2ClH/c12-11(13,14)9-3-1-8(2-4-9)10-7-15-5-6-16-10;;/h1-4,10,15-16H,5-7H2;2*1H. The Kier molecular flexibility index (Phi) is 6.99. The molecule has 1 saturated heterocycles. The van der Waals surface area contributed by atoms with Crippen LogP contribution in [0.1, 0.15) is 17.2 Å². The summed E-state index contributed by atoms with van der Waals surface area (Å²) in [7, 11) is 0. The Hall–Kier alpha value is -0.490. The highest BCUT2D eigenvalue weighted by atomic mass is 35.5. The lowest BCUT2D eigenvalue weighted by Crippen LogP contribution is -2.42. The van der Waals surface area contributed by atoms with Crippen molar-refractivity contribution in [1.82, 2.24) is 10.6 Å². The molecule has 0 bridgehead atoms. The molecule has 0 aromatic heterocycles. The molecule has 0 amide bonds. The van der Waals surface area contributed by atoms with Crippen LogP contribution in [0.15, 0.2) is 24.3 Å². The van der Waals surface area contributed by atoms with Crippen LogP contribution in [0, 0.1) is 0 Å². The van der Waals surface area contributed by atoms with Crippen molar-refractivity contribution in [3.05, 3.63) is 35.4 Å². The molecule has 18 heavy (non-hydrogen) atoms. The lowest BCUT2D eigenvalue weighted by atomic mass is 10.0. The van der Waals surface area contributed by atoms with E-state index in [2.05, 4.69) is 10.6 Å². The molecule has 1 unspecified atom stereocenters. The van der Waals surface area contributed by atoms with Crippen molar-refractivity contribution >= 4 is 24.8 Å². The second-order valence-corrected chi connectivity index (χ2v) is 3.83. The van der Waals surface area contributed by atoms with Crippen LogP contribution < -0.4 is 10.6 Å². The zero-order chi connectivity index (χ0) is 11.6. The molecule has 2 rings (SSSR count). The lowest BCUT2D eigenvalue weighted by molar-refractivity contribution is -0.137. The Balaban J connectivity index is 0.00000144. The number of rotatable bonds is 1. The van der Waals surface area contributed by atoms with E-state index in [9.17, 15) is 13.2 Å². The summed E-state index contributed by atoms with van der Waals surface area (Å²) in [6.45, 7) is 2.49. The Bertz CT molecular complexity index is 348. The summed E-state index contributed by atoms with van der Waals surface area (Å²) < 4.78 is 37.0. The van der Waals surface area contributed by atoms with Gasteiger partial charge in [0.1, 0.15) is 0 Å². The molecule has 1 atom stereocenters. The van der Waals surface area contributed by atoms with Gasteiger partial charge in [-0.05, 0) is 17.7 Å². The van der Waals surface area contributed by atoms with Crippen LogP contribution in [0.5, 0.6) is 0 Å². The van der Waals surface area contributed by atoms with E-state index in [1.165, 1.54) is 12.1 Å². The smallest absolute Gasteiger partial charge is 0.314 e. The van der Waals surface area contributed by atoms with E-state index in [4.69, 9.17) is 0 Å². The molecule has 0 aliphatic carbocycles. The number of benzene rings is 1. The van der Waals surface area contributed by atoms with Gasteiger partial charge in [-0.2, -0.15) is 13.2 Å². The second-order valence-electron chi connectivity index (χ2n) is 3.83. The van der Waals surface area contributed by atoms with Gasteiger partial charge in [0.25, 0.3) is 0 Å². The van der Waals surface area contributed by atoms with Crippen LogP contribution >= 0.6 is 24.8 Å². The highest BCUT2D eigenvalue weighted by molar-refractivity contribution is 5.85. The first kappa shape index (κ1) is 17.5. The molecule has 1 fully saturated rings. The number of halogens is 5. The predicted molar refractivity (Wildman–Crippen MR) is 69.6 cm³/mol. The molecule has 0 saturated carbocycles. The Labute approximate surface area is 116 Å². The van der Waals surface area contributed by atoms with Crippen molar-refractivity contribution in [1.29, 1.82) is 0 Å². The summed E-state index contributed by atoms with van der Waals surface area (Å²) in [6.07, 6.45) is -4.25. The van der Waals surface area contributed by atoms with Crippen LogP contribution in [0.4, 0.5) is 13.2 Å². The summed E-state index contributed by atoms with van der Waals surface area (Å²) in [5.41, 5.74) is 0.292. The molecular weight excluding hydrogens is 288 g/mol. The summed E-state index contributed by atoms with van der Waals surface area (Å²) in [6, 6.07) is 5.44. The van der Waals surface area contributed by atoms with Crippen molar-refractivity contribution in [3.8, 4) is 0 Å². The Morgan fingerprint density at radius 2 is 1.61 bits per heavy atom. The van der Waals surface area contributed by atoms with Crippen LogP contribution in [0.3, 0.4) is 0 Å². The van der Waals surface area contributed by atoms with E-state index >= 15 is 0 Å². The first-order chi connectivity index (χ1) is 7.57. The minimum absolute atomic E-state index is 0. The molecule has 1 aromatic rings. The monoisotopic (exact) mass is 302 g/mol. The molecule has 1 aromatic carbocycles. The number of hydrogen-bond donors (Lipinski definition) is 2. The number of alkyl halides is 3. The third-order valence-corrected chi connectivity index (χ3v) is 2.68. The molecule has 0 radical (unpaired) electrons. The second kappa shape index (κ2) is 7.19. The molecule has 7 heteroatoms. The fraction of sp³-hybridized carbons (Fsp3) is 0.455. The molecule has 104 valence electrons. The molecule has 0 spiro atoms. The van der Waals surface area contributed by atoms with Gasteiger partial charge >= 0.3 is 6.18 Å². The van der Waals surface area contributed by atoms with E-state index in [-0.39, 0.29) is 30.9 Å². The summed E-state index contributed by atoms with van der Waals surface area (Å²) in [5, 5.41) is 6.44. The van der Waals surface area contributed by atoms with Gasteiger partial charge in [0.2, 0.25) is 0 Å². The molecule has 2 N–H and O–H groups in total. The van der Waals surface area contributed by atoms with Gasteiger partial charge in [-0.15, -0.1) is 24.8 Å². The maximum Gasteiger partial charge on any atom is 0.416 e. The van der Waals surface area contributed by atoms with Crippen LogP contribution in [0.2, 0.25) is 0 Å². The largest absolute Gasteiger partial charge is 0.416 e. The summed E-state index contributed by atoms with van der Waals surface area (Å²) >= 11 is 0. The fourth-order valence-corrected chi connectivity index (χ4v) is 1.79. The van der Waals surface area contributed by atoms with Crippen molar-refractivity contribution < 1.29 is 13.2 Å². The third kappa shape index (κ3) is 4.31. The van der Waals surface area contributed by atoms with Gasteiger partial charge in [-0.25, -0.2) is 0 Å². The van der Waals surface area contributed by atoms with Crippen LogP contribution in [0.25, 0.3) is 0 Å². The van der Waals surface area contributed by atoms with Gasteiger partial charge < -0.3 is 10.6 Å². The van der Waals surface area contributed by atoms with Crippen molar-refractivity contribution in [2.45, 2.75) is 12.2 Å². The Morgan fingerprint density at radius 3 is 2.06 bits per heavy atom. The van der Waals surface area contributed by atoms with E-state index in [1.54, 1.807) is 0 Å². The average Bonchev–Trinajstić information content (AvgIpc) is 2.29. The van der Waals surface area contributed by atoms with E-state index < -0.39 is 11.7 Å². The first-order valence-corrected chi connectivity index (χ1v) is 5.18. The third-order valence-electron chi connectivity index (χ3n) is 2.68. The first-order valence-electron chi connectivity index (χ1n) is 5.18. The topological polar surface area (TPSA) is 24.1 Å². The maximum absolute atomic E-state index is 12.3. The SMILES string of the molecule is Cl.Cl.FC(F)(F)c1ccc(C2CNCCN2)cc1. The zero-order valence-corrected chi connectivity index (χ0v) is 11.1. The fourth-order valence-electron chi connectivity index (χ4n) is 1.79. The molecule has 1 aliphatic rings. The number of piperazine rings is 1. The average molecular weight is 303 g/mol. The van der Waals surface area contributed by atoms with Gasteiger partial charge in [-0.1, -0.05) is 12.1 Å². The minimum Gasteiger partial charge on any atom is -0.314 e. The van der Waals surface area contributed by atoms with Crippen LogP contribution in [-0.4, -0.2) is 19.6 Å². The summed E-state index contributed by atoms with van der Waals surface area (Å²) in [4.78, 5) is 0. The summed E-state index contributed by atoms with van der Waals surface area (Å²) in [5.74, 6) is 0. The minimum atomic E-state index is -4.25. The van der Waals surface area contributed by atoms with E-state index in [0.29, 0.717) is 0 Å². The van der Waals surface area contributed by atoms with Gasteiger partial charge in [0.15, 0.2) is 0 Å². The van der Waals surface area contributed by atoms with Crippen molar-refractivity contribution in [2.75, 3.05) is 19.6 Å². The zero-order valence-electron chi connectivity index (χ0n) is 9.46. The van der Waals surface area contributed by atoms with Gasteiger partial charge in [-0.3, -0.25) is 0 Å². The number of nitrogens with one attached hydrogen (secondary N) is 2. The predicted octanol–water partition coefficient (Wildman–Crippen LogP) is 2.78. The lowest BCUT2D eigenvalue weighted by Gasteiger charge is -2.25. The number of hydrogen-bond acceptors (Lipinski definition) is 2. The quantitative estimate of drug-likeness (QED) is 0.833. The highest BCUT2D eigenvalue weighted by Crippen LogP contribution is 2.29. The van der Waals surface area contributed by atoms with Crippen LogP contribution in [-0.2, 0) is 6.18 Å². The molecule has 2 nitrogen and oxygen atoms in total. The van der Waals surface area contributed by atoms with Crippen molar-refractivity contribution in [3.63, 3.8) is 0 Å². The van der Waals surface area contributed by atoms with E-state index in [0.717, 1.165) is 37.3 Å². The maximum atomic E-state index is 12.3. The highest BCUT2D eigenvalue weighted by Gasteiger charge is 2.30. The van der Waals surface area contributed by atoms with E-state index in [1.807, 2.05) is 0 Å². The molecular formula is C11H15Cl2F3N2. The van der Waals surface area contributed by atoms with Crippen molar-refractivity contribution in [2.24, 2.45) is 0 Å². The molecule has 1 aliphatic heterocycles. The normalized spacial score (nSPS) is 19.6. The van der Waals surface area contributed by atoms with Gasteiger partial charge in [0, 0.05) is 25.7 Å². The Morgan fingerprint density at radius 1 is 1.00 bits per heavy atom. The van der Waals surface area contributed by atoms with Gasteiger partial charge in [0.05, 0.1) is 5.56 Å². The molecule has 1 heterocycles.